The van der Waals surface area contributed by atoms with Crippen LogP contribution in [0.1, 0.15) is 25.7 Å². The van der Waals surface area contributed by atoms with Crippen molar-refractivity contribution in [2.24, 2.45) is 5.92 Å². The van der Waals surface area contributed by atoms with E-state index in [1.807, 2.05) is 11.8 Å². The monoisotopic (exact) mass is 171 g/mol. The van der Waals surface area contributed by atoms with E-state index in [1.165, 1.54) is 31.4 Å². The van der Waals surface area contributed by atoms with E-state index in [9.17, 15) is 0 Å². The molecule has 0 aromatic rings. The zero-order chi connectivity index (χ0) is 7.68. The third kappa shape index (κ3) is 1.57. The molecule has 2 rings (SSSR count). The van der Waals surface area contributed by atoms with Crippen LogP contribution >= 0.6 is 11.8 Å². The van der Waals surface area contributed by atoms with E-state index in [4.69, 9.17) is 0 Å². The van der Waals surface area contributed by atoms with Crippen LogP contribution < -0.4 is 5.32 Å². The van der Waals surface area contributed by atoms with Crippen LogP contribution in [0.25, 0.3) is 0 Å². The fraction of sp³-hybridized carbons (Fsp3) is 1.00. The molecular weight excluding hydrogens is 154 g/mol. The first-order chi connectivity index (χ1) is 5.40. The number of thioether (sulfide) groups is 1. The van der Waals surface area contributed by atoms with Crippen LogP contribution in [0, 0.1) is 5.92 Å². The Hall–Kier alpha value is 0.310. The van der Waals surface area contributed by atoms with Crippen molar-refractivity contribution in [1.82, 2.24) is 5.32 Å². The first-order valence-electron chi connectivity index (χ1n) is 4.65. The minimum Gasteiger partial charge on any atom is -0.310 e. The van der Waals surface area contributed by atoms with Gasteiger partial charge < -0.3 is 5.32 Å². The molecular formula is C9H17NS. The Kier molecular flexibility index (Phi) is 2.42. The highest BCUT2D eigenvalue weighted by atomic mass is 32.2. The summed E-state index contributed by atoms with van der Waals surface area (Å²) >= 11 is 1.98. The standard InChI is InChI=1S/C9H17NS/c1-11-6-8-5-7-3-2-4-9(7)10-8/h7-10H,2-6H2,1H3/t7-,8-,9-/m0/s1. The fourth-order valence-electron chi connectivity index (χ4n) is 2.59. The van der Waals surface area contributed by atoms with Crippen LogP contribution in [0.5, 0.6) is 0 Å². The molecule has 1 saturated carbocycles. The molecule has 0 aromatic carbocycles. The molecule has 2 aliphatic rings. The number of hydrogen-bond donors (Lipinski definition) is 1. The Morgan fingerprint density at radius 2 is 2.36 bits per heavy atom. The minimum absolute atomic E-state index is 0.834. The van der Waals surface area contributed by atoms with Crippen molar-refractivity contribution in [3.63, 3.8) is 0 Å². The third-order valence-electron chi connectivity index (χ3n) is 3.06. The van der Waals surface area contributed by atoms with Crippen LogP contribution in [-0.2, 0) is 0 Å². The molecule has 1 heterocycles. The molecule has 0 radical (unpaired) electrons. The lowest BCUT2D eigenvalue weighted by Gasteiger charge is -2.10. The van der Waals surface area contributed by atoms with Gasteiger partial charge in [-0.25, -0.2) is 0 Å². The fourth-order valence-corrected chi connectivity index (χ4v) is 3.23. The molecule has 1 aliphatic heterocycles. The summed E-state index contributed by atoms with van der Waals surface area (Å²) in [6.45, 7) is 0. The first kappa shape index (κ1) is 7.93. The minimum atomic E-state index is 0.834. The highest BCUT2D eigenvalue weighted by Crippen LogP contribution is 2.35. The first-order valence-corrected chi connectivity index (χ1v) is 6.04. The lowest BCUT2D eigenvalue weighted by molar-refractivity contribution is 0.518. The van der Waals surface area contributed by atoms with Gasteiger partial charge in [0.15, 0.2) is 0 Å². The van der Waals surface area contributed by atoms with E-state index in [2.05, 4.69) is 11.6 Å². The Morgan fingerprint density at radius 1 is 1.45 bits per heavy atom. The number of nitrogens with one attached hydrogen (secondary N) is 1. The predicted molar refractivity (Wildman–Crippen MR) is 51.1 cm³/mol. The Balaban J connectivity index is 1.84. The zero-order valence-corrected chi connectivity index (χ0v) is 7.99. The zero-order valence-electron chi connectivity index (χ0n) is 7.18. The largest absolute Gasteiger partial charge is 0.310 e. The molecule has 0 unspecified atom stereocenters. The molecule has 0 spiro atoms. The van der Waals surface area contributed by atoms with Gasteiger partial charge in [-0.1, -0.05) is 6.42 Å². The van der Waals surface area contributed by atoms with Crippen molar-refractivity contribution >= 4 is 11.8 Å². The number of fused-ring (bicyclic) bond motifs is 1. The van der Waals surface area contributed by atoms with Crippen molar-refractivity contribution in [2.45, 2.75) is 37.8 Å². The molecule has 1 aliphatic carbocycles. The summed E-state index contributed by atoms with van der Waals surface area (Å²) in [4.78, 5) is 0. The quantitative estimate of drug-likeness (QED) is 0.681. The number of rotatable bonds is 2. The highest BCUT2D eigenvalue weighted by molar-refractivity contribution is 7.98. The summed E-state index contributed by atoms with van der Waals surface area (Å²) in [6, 6.07) is 1.73. The van der Waals surface area contributed by atoms with E-state index in [-0.39, 0.29) is 0 Å². The van der Waals surface area contributed by atoms with Crippen LogP contribution in [0.4, 0.5) is 0 Å². The average Bonchev–Trinajstić information content (AvgIpc) is 2.46. The predicted octanol–water partition coefficient (Wildman–Crippen LogP) is 1.88. The van der Waals surface area contributed by atoms with Gasteiger partial charge in [0.1, 0.15) is 0 Å². The van der Waals surface area contributed by atoms with Gasteiger partial charge in [0, 0.05) is 17.8 Å². The van der Waals surface area contributed by atoms with E-state index in [0.29, 0.717) is 0 Å². The van der Waals surface area contributed by atoms with Gasteiger partial charge in [0.2, 0.25) is 0 Å². The van der Waals surface area contributed by atoms with Gasteiger partial charge in [-0.3, -0.25) is 0 Å². The molecule has 1 saturated heterocycles. The van der Waals surface area contributed by atoms with E-state index in [1.54, 1.807) is 0 Å². The SMILES string of the molecule is CSC[C@@H]1C[C@@H]2CCC[C@@H]2N1. The summed E-state index contributed by atoms with van der Waals surface area (Å²) in [5.74, 6) is 2.35. The molecule has 1 nitrogen and oxygen atoms in total. The van der Waals surface area contributed by atoms with Gasteiger partial charge in [0.05, 0.1) is 0 Å². The maximum absolute atomic E-state index is 3.73. The van der Waals surface area contributed by atoms with Gasteiger partial charge in [0.25, 0.3) is 0 Å². The Bertz CT molecular complexity index is 126. The normalized spacial score (nSPS) is 42.8. The van der Waals surface area contributed by atoms with Gasteiger partial charge in [-0.15, -0.1) is 0 Å². The topological polar surface area (TPSA) is 12.0 Å². The average molecular weight is 171 g/mol. The molecule has 1 N–H and O–H groups in total. The Morgan fingerprint density at radius 3 is 3.09 bits per heavy atom. The molecule has 11 heavy (non-hydrogen) atoms. The molecule has 64 valence electrons. The molecule has 0 amide bonds. The Labute approximate surface area is 73.3 Å². The summed E-state index contributed by atoms with van der Waals surface area (Å²) in [5.41, 5.74) is 0. The summed E-state index contributed by atoms with van der Waals surface area (Å²) in [5, 5.41) is 3.73. The maximum atomic E-state index is 3.73. The van der Waals surface area contributed by atoms with Crippen molar-refractivity contribution in [1.29, 1.82) is 0 Å². The second-order valence-corrected chi connectivity index (χ2v) is 4.76. The summed E-state index contributed by atoms with van der Waals surface area (Å²) in [7, 11) is 0. The van der Waals surface area contributed by atoms with Crippen molar-refractivity contribution in [2.75, 3.05) is 12.0 Å². The molecule has 0 aromatic heterocycles. The molecule has 0 bridgehead atoms. The summed E-state index contributed by atoms with van der Waals surface area (Å²) < 4.78 is 0. The maximum Gasteiger partial charge on any atom is 0.0164 e. The number of hydrogen-bond acceptors (Lipinski definition) is 2. The van der Waals surface area contributed by atoms with Gasteiger partial charge in [-0.2, -0.15) is 11.8 Å². The van der Waals surface area contributed by atoms with Crippen molar-refractivity contribution in [3.8, 4) is 0 Å². The molecule has 2 heteroatoms. The van der Waals surface area contributed by atoms with Crippen molar-refractivity contribution < 1.29 is 0 Å². The molecule has 2 fully saturated rings. The van der Waals surface area contributed by atoms with E-state index < -0.39 is 0 Å². The summed E-state index contributed by atoms with van der Waals surface area (Å²) in [6.07, 6.45) is 8.05. The lowest BCUT2D eigenvalue weighted by atomic mass is 10.0. The van der Waals surface area contributed by atoms with E-state index in [0.717, 1.165) is 18.0 Å². The van der Waals surface area contributed by atoms with Gasteiger partial charge >= 0.3 is 0 Å². The smallest absolute Gasteiger partial charge is 0.0164 e. The highest BCUT2D eigenvalue weighted by Gasteiger charge is 2.35. The van der Waals surface area contributed by atoms with Crippen LogP contribution in [0.15, 0.2) is 0 Å². The van der Waals surface area contributed by atoms with Crippen LogP contribution in [-0.4, -0.2) is 24.1 Å². The van der Waals surface area contributed by atoms with E-state index >= 15 is 0 Å². The van der Waals surface area contributed by atoms with Crippen LogP contribution in [0.3, 0.4) is 0 Å². The second kappa shape index (κ2) is 3.36. The van der Waals surface area contributed by atoms with Crippen molar-refractivity contribution in [3.05, 3.63) is 0 Å². The van der Waals surface area contributed by atoms with Gasteiger partial charge in [-0.05, 0) is 31.4 Å². The molecule has 3 atom stereocenters. The lowest BCUT2D eigenvalue weighted by Crippen LogP contribution is -2.30. The second-order valence-electron chi connectivity index (χ2n) is 3.85. The van der Waals surface area contributed by atoms with Crippen LogP contribution in [0.2, 0.25) is 0 Å². The third-order valence-corrected chi connectivity index (χ3v) is 3.80.